The smallest absolute Gasteiger partial charge is 0.258 e. The van der Waals surface area contributed by atoms with Gasteiger partial charge in [0.15, 0.2) is 0 Å². The van der Waals surface area contributed by atoms with Crippen LogP contribution in [0.4, 0.5) is 0 Å². The number of aryl methyl sites for hydroxylation is 1. The zero-order valence-corrected chi connectivity index (χ0v) is 11.5. The van der Waals surface area contributed by atoms with Crippen LogP contribution in [0.25, 0.3) is 15.9 Å². The van der Waals surface area contributed by atoms with Crippen molar-refractivity contribution in [1.29, 1.82) is 0 Å². The summed E-state index contributed by atoms with van der Waals surface area (Å²) in [5.74, 6) is -0.439. The second-order valence-corrected chi connectivity index (χ2v) is 5.39. The number of rotatable bonds is 3. The molecule has 0 aromatic carbocycles. The van der Waals surface area contributed by atoms with Gasteiger partial charge in [-0.2, -0.15) is 5.10 Å². The van der Waals surface area contributed by atoms with Gasteiger partial charge in [0.2, 0.25) is 0 Å². The van der Waals surface area contributed by atoms with Gasteiger partial charge < -0.3 is 10.8 Å². The number of aromatic nitrogens is 3. The highest BCUT2D eigenvalue weighted by molar-refractivity contribution is 7.20. The number of hydrogen-bond acceptors (Lipinski definition) is 5. The van der Waals surface area contributed by atoms with E-state index in [2.05, 4.69) is 10.1 Å². The minimum absolute atomic E-state index is 0.0986. The maximum atomic E-state index is 11.3. The fourth-order valence-corrected chi connectivity index (χ4v) is 3.01. The Balaban J connectivity index is 2.16. The van der Waals surface area contributed by atoms with Gasteiger partial charge in [-0.3, -0.25) is 9.78 Å². The van der Waals surface area contributed by atoms with E-state index in [0.717, 1.165) is 21.6 Å². The Morgan fingerprint density at radius 1 is 1.50 bits per heavy atom. The molecule has 3 rings (SSSR count). The van der Waals surface area contributed by atoms with Crippen LogP contribution in [0.5, 0.6) is 0 Å². The molecular weight excluding hydrogens is 276 g/mol. The Bertz CT molecular complexity index is 789. The number of aliphatic hydroxyl groups is 1. The van der Waals surface area contributed by atoms with Gasteiger partial charge >= 0.3 is 0 Å². The highest BCUT2D eigenvalue weighted by Gasteiger charge is 2.15. The van der Waals surface area contributed by atoms with Crippen molar-refractivity contribution in [2.24, 2.45) is 5.73 Å². The summed E-state index contributed by atoms with van der Waals surface area (Å²) in [6.07, 6.45) is 1.64. The van der Waals surface area contributed by atoms with E-state index in [1.165, 1.54) is 11.3 Å². The number of fused-ring (bicyclic) bond motifs is 1. The van der Waals surface area contributed by atoms with Crippen LogP contribution in [-0.2, 0) is 6.61 Å². The van der Waals surface area contributed by atoms with Gasteiger partial charge in [0.05, 0.1) is 34.8 Å². The summed E-state index contributed by atoms with van der Waals surface area (Å²) in [6.45, 7) is 1.78. The van der Waals surface area contributed by atoms with Crippen LogP contribution in [0.2, 0.25) is 0 Å². The Kier molecular flexibility index (Phi) is 3.00. The molecule has 1 amide bonds. The molecule has 102 valence electrons. The van der Waals surface area contributed by atoms with E-state index in [1.54, 1.807) is 23.0 Å². The van der Waals surface area contributed by atoms with E-state index in [4.69, 9.17) is 10.8 Å². The standard InChI is InChI=1S/C13H12N4O2S/c1-7-10-4-11(12(14)19)20-13(10)17(16-7)9-3-2-8(6-18)15-5-9/h2-5,18H,6H2,1H3,(H2,14,19). The molecule has 0 bridgehead atoms. The summed E-state index contributed by atoms with van der Waals surface area (Å²) >= 11 is 1.31. The first kappa shape index (κ1) is 12.8. The van der Waals surface area contributed by atoms with Crippen molar-refractivity contribution in [2.45, 2.75) is 13.5 Å². The van der Waals surface area contributed by atoms with Crippen molar-refractivity contribution >= 4 is 27.5 Å². The van der Waals surface area contributed by atoms with Gasteiger partial charge in [0.25, 0.3) is 5.91 Å². The average molecular weight is 288 g/mol. The molecule has 0 aliphatic carbocycles. The lowest BCUT2D eigenvalue weighted by Gasteiger charge is -2.02. The third-order valence-corrected chi connectivity index (χ3v) is 4.13. The van der Waals surface area contributed by atoms with Crippen LogP contribution in [0.1, 0.15) is 21.1 Å². The molecule has 0 saturated heterocycles. The molecule has 0 aliphatic heterocycles. The fraction of sp³-hybridized carbons (Fsp3) is 0.154. The number of hydrogen-bond donors (Lipinski definition) is 2. The van der Waals surface area contributed by atoms with Crippen LogP contribution in [-0.4, -0.2) is 25.8 Å². The lowest BCUT2D eigenvalue weighted by Crippen LogP contribution is -2.08. The fourth-order valence-electron chi connectivity index (χ4n) is 1.98. The molecule has 0 fully saturated rings. The van der Waals surface area contributed by atoms with Gasteiger partial charge in [-0.25, -0.2) is 4.68 Å². The van der Waals surface area contributed by atoms with Crippen molar-refractivity contribution in [1.82, 2.24) is 14.8 Å². The van der Waals surface area contributed by atoms with Crippen LogP contribution in [0, 0.1) is 6.92 Å². The highest BCUT2D eigenvalue weighted by atomic mass is 32.1. The monoisotopic (exact) mass is 288 g/mol. The first-order chi connectivity index (χ1) is 9.60. The number of primary amides is 1. The number of amides is 1. The molecule has 20 heavy (non-hydrogen) atoms. The first-order valence-electron chi connectivity index (χ1n) is 5.95. The topological polar surface area (TPSA) is 94.0 Å². The van der Waals surface area contributed by atoms with E-state index in [-0.39, 0.29) is 6.61 Å². The molecule has 0 spiro atoms. The van der Waals surface area contributed by atoms with Gasteiger partial charge in [-0.05, 0) is 25.1 Å². The van der Waals surface area contributed by atoms with Crippen molar-refractivity contribution in [3.8, 4) is 5.69 Å². The number of nitrogens with zero attached hydrogens (tertiary/aromatic N) is 3. The summed E-state index contributed by atoms with van der Waals surface area (Å²) in [5.41, 5.74) is 7.52. The third-order valence-electron chi connectivity index (χ3n) is 3.00. The Morgan fingerprint density at radius 3 is 2.90 bits per heavy atom. The van der Waals surface area contributed by atoms with Crippen LogP contribution in [0.3, 0.4) is 0 Å². The summed E-state index contributed by atoms with van der Waals surface area (Å²) < 4.78 is 1.73. The lowest BCUT2D eigenvalue weighted by molar-refractivity contribution is 0.100. The van der Waals surface area contributed by atoms with Gasteiger partial charge in [-0.1, -0.05) is 0 Å². The van der Waals surface area contributed by atoms with Crippen molar-refractivity contribution < 1.29 is 9.90 Å². The highest BCUT2D eigenvalue weighted by Crippen LogP contribution is 2.29. The number of nitrogens with two attached hydrogens (primary N) is 1. The third kappa shape index (κ3) is 1.97. The van der Waals surface area contributed by atoms with Crippen LogP contribution >= 0.6 is 11.3 Å². The molecule has 0 saturated carbocycles. The van der Waals surface area contributed by atoms with Gasteiger partial charge in [-0.15, -0.1) is 11.3 Å². The number of carbonyl (C=O) groups excluding carboxylic acids is 1. The van der Waals surface area contributed by atoms with Crippen molar-refractivity contribution in [3.63, 3.8) is 0 Å². The summed E-state index contributed by atoms with van der Waals surface area (Å²) in [7, 11) is 0. The van der Waals surface area contributed by atoms with Crippen molar-refractivity contribution in [3.05, 3.63) is 40.7 Å². The van der Waals surface area contributed by atoms with E-state index in [0.29, 0.717) is 10.6 Å². The Labute approximate surface area is 118 Å². The Hall–Kier alpha value is -2.25. The van der Waals surface area contributed by atoms with E-state index in [9.17, 15) is 4.79 Å². The van der Waals surface area contributed by atoms with Crippen LogP contribution in [0.15, 0.2) is 24.4 Å². The zero-order valence-electron chi connectivity index (χ0n) is 10.7. The molecular formula is C13H12N4O2S. The zero-order chi connectivity index (χ0) is 14.3. The quantitative estimate of drug-likeness (QED) is 0.761. The molecule has 6 nitrogen and oxygen atoms in total. The molecule has 3 aromatic rings. The van der Waals surface area contributed by atoms with E-state index in [1.807, 2.05) is 13.0 Å². The molecule has 3 N–H and O–H groups in total. The number of aliphatic hydroxyl groups excluding tert-OH is 1. The second-order valence-electron chi connectivity index (χ2n) is 4.36. The summed E-state index contributed by atoms with van der Waals surface area (Å²) in [6, 6.07) is 5.32. The van der Waals surface area contributed by atoms with E-state index >= 15 is 0 Å². The lowest BCUT2D eigenvalue weighted by atomic mass is 10.3. The normalized spacial score (nSPS) is 11.1. The maximum Gasteiger partial charge on any atom is 0.258 e. The van der Waals surface area contributed by atoms with Gasteiger partial charge in [0, 0.05) is 5.39 Å². The number of carbonyl (C=O) groups is 1. The molecule has 0 aliphatic rings. The minimum Gasteiger partial charge on any atom is -0.390 e. The van der Waals surface area contributed by atoms with Crippen molar-refractivity contribution in [2.75, 3.05) is 0 Å². The average Bonchev–Trinajstić information content (AvgIpc) is 3.00. The second kappa shape index (κ2) is 4.69. The maximum absolute atomic E-state index is 11.3. The molecule has 0 atom stereocenters. The predicted octanol–water partition coefficient (Wildman–Crippen LogP) is 1.38. The minimum atomic E-state index is -0.439. The molecule has 3 aromatic heterocycles. The number of pyridine rings is 1. The Morgan fingerprint density at radius 2 is 2.30 bits per heavy atom. The largest absolute Gasteiger partial charge is 0.390 e. The molecule has 0 radical (unpaired) electrons. The van der Waals surface area contributed by atoms with Gasteiger partial charge in [0.1, 0.15) is 4.83 Å². The van der Waals surface area contributed by atoms with E-state index < -0.39 is 5.91 Å². The number of thiophene rings is 1. The summed E-state index contributed by atoms with van der Waals surface area (Å²) in [4.78, 5) is 16.8. The van der Waals surface area contributed by atoms with Crippen LogP contribution < -0.4 is 5.73 Å². The summed E-state index contributed by atoms with van der Waals surface area (Å²) in [5, 5.41) is 14.4. The first-order valence-corrected chi connectivity index (χ1v) is 6.77. The predicted molar refractivity (Wildman–Crippen MR) is 75.9 cm³/mol. The molecule has 3 heterocycles. The molecule has 0 unspecified atom stereocenters. The SMILES string of the molecule is Cc1nn(-c2ccc(CO)nc2)c2sc(C(N)=O)cc12. The molecule has 7 heteroatoms.